The lowest BCUT2D eigenvalue weighted by Crippen LogP contribution is -1.94. The molecule has 0 amide bonds. The van der Waals surface area contributed by atoms with Crippen LogP contribution in [0.2, 0.25) is 0 Å². The standard InChI is InChI=1S/C12H20O/c1-2-3-8-12(13)10-9-11-6-4-5-7-11/h9-11H,2-8H2,1H3/b10-9+. The zero-order valence-corrected chi connectivity index (χ0v) is 8.59. The van der Waals surface area contributed by atoms with Crippen molar-refractivity contribution in [2.75, 3.05) is 0 Å². The van der Waals surface area contributed by atoms with Gasteiger partial charge >= 0.3 is 0 Å². The molecule has 1 fully saturated rings. The van der Waals surface area contributed by atoms with Crippen LogP contribution >= 0.6 is 0 Å². The molecular formula is C12H20O. The van der Waals surface area contributed by atoms with Gasteiger partial charge in [-0.15, -0.1) is 0 Å². The number of allylic oxidation sites excluding steroid dienone is 2. The Balaban J connectivity index is 2.17. The molecule has 0 atom stereocenters. The predicted molar refractivity (Wildman–Crippen MR) is 55.6 cm³/mol. The van der Waals surface area contributed by atoms with Gasteiger partial charge in [-0.05, 0) is 31.3 Å². The average Bonchev–Trinajstić information content (AvgIpc) is 2.64. The van der Waals surface area contributed by atoms with E-state index in [2.05, 4.69) is 13.0 Å². The normalized spacial score (nSPS) is 18.5. The van der Waals surface area contributed by atoms with Crippen molar-refractivity contribution in [1.29, 1.82) is 0 Å². The molecule has 0 aromatic carbocycles. The molecule has 0 N–H and O–H groups in total. The molecule has 0 aromatic heterocycles. The zero-order valence-electron chi connectivity index (χ0n) is 8.59. The van der Waals surface area contributed by atoms with Crippen LogP contribution in [-0.4, -0.2) is 5.78 Å². The van der Waals surface area contributed by atoms with Gasteiger partial charge in [-0.3, -0.25) is 4.79 Å². The SMILES string of the molecule is CCCCC(=O)/C=C/C1CCCC1. The molecule has 0 aromatic rings. The van der Waals surface area contributed by atoms with E-state index in [9.17, 15) is 4.79 Å². The van der Waals surface area contributed by atoms with Crippen LogP contribution in [0.1, 0.15) is 51.9 Å². The first-order chi connectivity index (χ1) is 6.33. The van der Waals surface area contributed by atoms with Gasteiger partial charge in [0.15, 0.2) is 5.78 Å². The summed E-state index contributed by atoms with van der Waals surface area (Å²) in [5, 5.41) is 0. The largest absolute Gasteiger partial charge is 0.295 e. The monoisotopic (exact) mass is 180 g/mol. The first-order valence-electron chi connectivity index (χ1n) is 5.54. The summed E-state index contributed by atoms with van der Waals surface area (Å²) >= 11 is 0. The Morgan fingerprint density at radius 2 is 2.08 bits per heavy atom. The second-order valence-electron chi connectivity index (χ2n) is 3.97. The Kier molecular flexibility index (Phi) is 4.81. The third-order valence-corrected chi connectivity index (χ3v) is 2.73. The molecule has 1 heteroatoms. The van der Waals surface area contributed by atoms with E-state index in [-0.39, 0.29) is 0 Å². The van der Waals surface area contributed by atoms with Crippen LogP contribution in [0.15, 0.2) is 12.2 Å². The maximum atomic E-state index is 11.3. The highest BCUT2D eigenvalue weighted by atomic mass is 16.1. The molecule has 0 unspecified atom stereocenters. The fourth-order valence-corrected chi connectivity index (χ4v) is 1.83. The summed E-state index contributed by atoms with van der Waals surface area (Å²) in [6.45, 7) is 2.12. The summed E-state index contributed by atoms with van der Waals surface area (Å²) in [6, 6.07) is 0. The topological polar surface area (TPSA) is 17.1 Å². The van der Waals surface area contributed by atoms with Gasteiger partial charge in [0.2, 0.25) is 0 Å². The lowest BCUT2D eigenvalue weighted by atomic mass is 10.1. The molecule has 0 spiro atoms. The minimum atomic E-state index is 0.314. The summed E-state index contributed by atoms with van der Waals surface area (Å²) in [5.74, 6) is 1.01. The highest BCUT2D eigenvalue weighted by Gasteiger charge is 2.11. The van der Waals surface area contributed by atoms with E-state index in [0.717, 1.165) is 19.3 Å². The number of hydrogen-bond acceptors (Lipinski definition) is 1. The number of hydrogen-bond donors (Lipinski definition) is 0. The summed E-state index contributed by atoms with van der Waals surface area (Å²) in [7, 11) is 0. The third-order valence-electron chi connectivity index (χ3n) is 2.73. The van der Waals surface area contributed by atoms with Gasteiger partial charge in [0.1, 0.15) is 0 Å². The van der Waals surface area contributed by atoms with E-state index < -0.39 is 0 Å². The summed E-state index contributed by atoms with van der Waals surface area (Å²) < 4.78 is 0. The van der Waals surface area contributed by atoms with Crippen molar-refractivity contribution >= 4 is 5.78 Å². The molecule has 0 heterocycles. The van der Waals surface area contributed by atoms with Crippen LogP contribution in [0.3, 0.4) is 0 Å². The van der Waals surface area contributed by atoms with Crippen molar-refractivity contribution in [3.63, 3.8) is 0 Å². The highest BCUT2D eigenvalue weighted by Crippen LogP contribution is 2.25. The van der Waals surface area contributed by atoms with Gasteiger partial charge < -0.3 is 0 Å². The second-order valence-corrected chi connectivity index (χ2v) is 3.97. The minimum absolute atomic E-state index is 0.314. The van der Waals surface area contributed by atoms with Gasteiger partial charge in [-0.1, -0.05) is 32.3 Å². The highest BCUT2D eigenvalue weighted by molar-refractivity contribution is 5.89. The van der Waals surface area contributed by atoms with E-state index in [4.69, 9.17) is 0 Å². The zero-order chi connectivity index (χ0) is 9.52. The molecule has 0 aliphatic heterocycles. The molecule has 1 rings (SSSR count). The molecule has 74 valence electrons. The molecule has 1 saturated carbocycles. The van der Waals surface area contributed by atoms with Gasteiger partial charge in [-0.2, -0.15) is 0 Å². The van der Waals surface area contributed by atoms with Crippen LogP contribution < -0.4 is 0 Å². The van der Waals surface area contributed by atoms with E-state index in [1.54, 1.807) is 0 Å². The van der Waals surface area contributed by atoms with Gasteiger partial charge in [-0.25, -0.2) is 0 Å². The molecular weight excluding hydrogens is 160 g/mol. The summed E-state index contributed by atoms with van der Waals surface area (Å²) in [5.41, 5.74) is 0. The maximum absolute atomic E-state index is 11.3. The number of unbranched alkanes of at least 4 members (excludes halogenated alkanes) is 1. The predicted octanol–water partition coefficient (Wildman–Crippen LogP) is 3.49. The van der Waals surface area contributed by atoms with Crippen molar-refractivity contribution in [2.45, 2.75) is 51.9 Å². The Morgan fingerprint density at radius 1 is 1.38 bits per heavy atom. The molecule has 0 radical (unpaired) electrons. The maximum Gasteiger partial charge on any atom is 0.155 e. The van der Waals surface area contributed by atoms with E-state index >= 15 is 0 Å². The van der Waals surface area contributed by atoms with Crippen LogP contribution in [0.25, 0.3) is 0 Å². The van der Waals surface area contributed by atoms with Crippen molar-refractivity contribution in [2.24, 2.45) is 5.92 Å². The molecule has 1 aliphatic rings. The fraction of sp³-hybridized carbons (Fsp3) is 0.750. The number of ketones is 1. The molecule has 1 aliphatic carbocycles. The van der Waals surface area contributed by atoms with Gasteiger partial charge in [0.25, 0.3) is 0 Å². The Morgan fingerprint density at radius 3 is 2.69 bits per heavy atom. The second kappa shape index (κ2) is 5.95. The Hall–Kier alpha value is -0.590. The number of rotatable bonds is 5. The molecule has 13 heavy (non-hydrogen) atoms. The van der Waals surface area contributed by atoms with E-state index in [1.807, 2.05) is 6.08 Å². The van der Waals surface area contributed by atoms with Crippen molar-refractivity contribution in [1.82, 2.24) is 0 Å². The van der Waals surface area contributed by atoms with E-state index in [1.165, 1.54) is 25.7 Å². The lowest BCUT2D eigenvalue weighted by molar-refractivity contribution is -0.114. The molecule has 0 bridgehead atoms. The Bertz CT molecular complexity index is 176. The van der Waals surface area contributed by atoms with Crippen molar-refractivity contribution in [3.05, 3.63) is 12.2 Å². The van der Waals surface area contributed by atoms with Crippen LogP contribution in [0.4, 0.5) is 0 Å². The van der Waals surface area contributed by atoms with Crippen molar-refractivity contribution < 1.29 is 4.79 Å². The third kappa shape index (κ3) is 4.25. The first-order valence-corrected chi connectivity index (χ1v) is 5.54. The summed E-state index contributed by atoms with van der Waals surface area (Å²) in [4.78, 5) is 11.3. The van der Waals surface area contributed by atoms with Crippen LogP contribution in [0, 0.1) is 5.92 Å². The average molecular weight is 180 g/mol. The fourth-order valence-electron chi connectivity index (χ4n) is 1.83. The molecule has 0 saturated heterocycles. The van der Waals surface area contributed by atoms with Gasteiger partial charge in [0.05, 0.1) is 0 Å². The Labute approximate surface area is 81.2 Å². The van der Waals surface area contributed by atoms with Gasteiger partial charge in [0, 0.05) is 6.42 Å². The summed E-state index contributed by atoms with van der Waals surface area (Å²) in [6.07, 6.45) is 12.1. The minimum Gasteiger partial charge on any atom is -0.295 e. The van der Waals surface area contributed by atoms with E-state index in [0.29, 0.717) is 11.7 Å². The van der Waals surface area contributed by atoms with Crippen LogP contribution in [-0.2, 0) is 4.79 Å². The smallest absolute Gasteiger partial charge is 0.155 e. The number of carbonyl (C=O) groups is 1. The lowest BCUT2D eigenvalue weighted by Gasteiger charge is -1.99. The van der Waals surface area contributed by atoms with Crippen molar-refractivity contribution in [3.8, 4) is 0 Å². The number of carbonyl (C=O) groups excluding carboxylic acids is 1. The first kappa shape index (κ1) is 10.5. The van der Waals surface area contributed by atoms with Crippen LogP contribution in [0.5, 0.6) is 0 Å². The molecule has 1 nitrogen and oxygen atoms in total. The quantitative estimate of drug-likeness (QED) is 0.592.